The Morgan fingerprint density at radius 1 is 1.03 bits per heavy atom. The van der Waals surface area contributed by atoms with E-state index in [0.29, 0.717) is 12.3 Å². The molecule has 0 spiro atoms. The molecule has 0 bridgehead atoms. The Balaban J connectivity index is 2.11. The van der Waals surface area contributed by atoms with Gasteiger partial charge in [0.05, 0.1) is 26.1 Å². The quantitative estimate of drug-likeness (QED) is 0.505. The average molecular weight is 430 g/mol. The van der Waals surface area contributed by atoms with Crippen molar-refractivity contribution in [2.75, 3.05) is 34.4 Å². The number of carboxylic acid groups (broad SMARTS) is 2. The Morgan fingerprint density at radius 3 is 2.42 bits per heavy atom. The highest BCUT2D eigenvalue weighted by atomic mass is 16.5. The van der Waals surface area contributed by atoms with Crippen LogP contribution in [0, 0.1) is 11.8 Å². The van der Waals surface area contributed by atoms with E-state index < -0.39 is 30.2 Å². The number of hydrogen-bond acceptors (Lipinski definition) is 5. The second kappa shape index (κ2) is 12.0. The van der Waals surface area contributed by atoms with E-state index in [9.17, 15) is 14.7 Å². The lowest BCUT2D eigenvalue weighted by Crippen LogP contribution is -2.37. The zero-order valence-electron chi connectivity index (χ0n) is 18.3. The lowest BCUT2D eigenvalue weighted by atomic mass is 9.89. The fourth-order valence-corrected chi connectivity index (χ4v) is 3.56. The molecule has 2 aromatic carbocycles. The Labute approximate surface area is 183 Å². The van der Waals surface area contributed by atoms with Crippen molar-refractivity contribution in [3.8, 4) is 11.5 Å². The van der Waals surface area contributed by atoms with E-state index in [-0.39, 0.29) is 6.61 Å². The first-order valence-electron chi connectivity index (χ1n) is 10.2. The molecule has 0 amide bonds. The molecule has 0 fully saturated rings. The normalized spacial score (nSPS) is 12.9. The maximum absolute atomic E-state index is 11.7. The zero-order chi connectivity index (χ0) is 22.8. The van der Waals surface area contributed by atoms with Crippen LogP contribution in [0.5, 0.6) is 11.5 Å². The van der Waals surface area contributed by atoms with Crippen molar-refractivity contribution in [2.24, 2.45) is 11.8 Å². The van der Waals surface area contributed by atoms with Gasteiger partial charge in [0, 0.05) is 12.5 Å². The minimum atomic E-state index is -1.13. The van der Waals surface area contributed by atoms with E-state index in [4.69, 9.17) is 14.6 Å². The van der Waals surface area contributed by atoms with Gasteiger partial charge in [0.15, 0.2) is 0 Å². The Bertz CT molecular complexity index is 867. The summed E-state index contributed by atoms with van der Waals surface area (Å²) in [4.78, 5) is 24.7. The molecule has 0 saturated carbocycles. The summed E-state index contributed by atoms with van der Waals surface area (Å²) in [6.07, 6.45) is 1.11. The molecule has 2 unspecified atom stereocenters. The number of aliphatic carboxylic acids is 2. The van der Waals surface area contributed by atoms with Crippen LogP contribution < -0.4 is 9.47 Å². The van der Waals surface area contributed by atoms with Crippen LogP contribution in [0.3, 0.4) is 0 Å². The van der Waals surface area contributed by atoms with E-state index in [0.717, 1.165) is 29.7 Å². The summed E-state index contributed by atoms with van der Waals surface area (Å²) in [5, 5.41) is 18.7. The summed E-state index contributed by atoms with van der Waals surface area (Å²) in [7, 11) is 5.30. The predicted octanol–water partition coefficient (Wildman–Crippen LogP) is 3.21. The molecule has 2 rings (SSSR count). The maximum Gasteiger partial charge on any atom is 0.307 e. The van der Waals surface area contributed by atoms with Crippen LogP contribution in [0.2, 0.25) is 0 Å². The third-order valence-electron chi connectivity index (χ3n) is 5.12. The van der Waals surface area contributed by atoms with Crippen LogP contribution in [0.1, 0.15) is 17.5 Å². The van der Waals surface area contributed by atoms with E-state index >= 15 is 0 Å². The first kappa shape index (κ1) is 24.2. The largest absolute Gasteiger partial charge is 0.497 e. The van der Waals surface area contributed by atoms with Gasteiger partial charge in [-0.2, -0.15) is 0 Å². The molecule has 0 aliphatic carbocycles. The summed E-state index contributed by atoms with van der Waals surface area (Å²) in [6, 6.07) is 15.6. The lowest BCUT2D eigenvalue weighted by molar-refractivity contribution is -0.151. The molecular weight excluding hydrogens is 398 g/mol. The molecule has 7 nitrogen and oxygen atoms in total. The van der Waals surface area contributed by atoms with Gasteiger partial charge in [0.25, 0.3) is 0 Å². The SMILES string of the molecule is COc1cccc(CCc2ccccc2OCC(CN(C)C)C(CC(=O)O)C(=O)O)c1. The van der Waals surface area contributed by atoms with E-state index in [2.05, 4.69) is 0 Å². The van der Waals surface area contributed by atoms with Crippen LogP contribution in [-0.2, 0) is 22.4 Å². The number of rotatable bonds is 13. The first-order chi connectivity index (χ1) is 14.8. The summed E-state index contributed by atoms with van der Waals surface area (Å²) >= 11 is 0. The Kier molecular flexibility index (Phi) is 9.34. The smallest absolute Gasteiger partial charge is 0.307 e. The third-order valence-corrected chi connectivity index (χ3v) is 5.12. The number of para-hydroxylation sites is 1. The average Bonchev–Trinajstić information content (AvgIpc) is 2.73. The number of ether oxygens (including phenoxy) is 2. The minimum absolute atomic E-state index is 0.124. The molecule has 2 aromatic rings. The van der Waals surface area contributed by atoms with Gasteiger partial charge in [-0.1, -0.05) is 30.3 Å². The highest BCUT2D eigenvalue weighted by Crippen LogP contribution is 2.24. The number of nitrogens with zero attached hydrogens (tertiary/aromatic N) is 1. The number of carboxylic acids is 2. The fraction of sp³-hybridized carbons (Fsp3) is 0.417. The van der Waals surface area contributed by atoms with Crippen molar-refractivity contribution in [3.05, 3.63) is 59.7 Å². The van der Waals surface area contributed by atoms with E-state index in [1.165, 1.54) is 0 Å². The molecular formula is C24H31NO6. The molecule has 2 atom stereocenters. The molecule has 168 valence electrons. The molecule has 0 saturated heterocycles. The van der Waals surface area contributed by atoms with Crippen LogP contribution in [-0.4, -0.2) is 61.4 Å². The molecule has 0 aromatic heterocycles. The topological polar surface area (TPSA) is 96.3 Å². The van der Waals surface area contributed by atoms with Crippen molar-refractivity contribution >= 4 is 11.9 Å². The lowest BCUT2D eigenvalue weighted by Gasteiger charge is -2.26. The third kappa shape index (κ3) is 7.94. The molecule has 0 heterocycles. The molecule has 0 aliphatic rings. The fourth-order valence-electron chi connectivity index (χ4n) is 3.56. The van der Waals surface area contributed by atoms with Gasteiger partial charge in [-0.05, 0) is 56.3 Å². The number of methoxy groups -OCH3 is 1. The molecule has 0 radical (unpaired) electrons. The predicted molar refractivity (Wildman–Crippen MR) is 118 cm³/mol. The highest BCUT2D eigenvalue weighted by Gasteiger charge is 2.31. The van der Waals surface area contributed by atoms with Crippen LogP contribution >= 0.6 is 0 Å². The second-order valence-corrected chi connectivity index (χ2v) is 7.84. The standard InChI is InChI=1S/C24H31NO6/c1-25(2)15-19(21(24(28)29)14-23(26)27)16-31-22-10-5-4-8-18(22)12-11-17-7-6-9-20(13-17)30-3/h4-10,13,19,21H,11-12,14-16H2,1-3H3,(H,26,27)(H,28,29). The van der Waals surface area contributed by atoms with Gasteiger partial charge in [-0.3, -0.25) is 9.59 Å². The monoisotopic (exact) mass is 429 g/mol. The van der Waals surface area contributed by atoms with Crippen LogP contribution in [0.4, 0.5) is 0 Å². The summed E-state index contributed by atoms with van der Waals surface area (Å²) in [6.45, 7) is 0.537. The number of aryl methyl sites for hydroxylation is 2. The summed E-state index contributed by atoms with van der Waals surface area (Å²) < 4.78 is 11.3. The number of carbonyl (C=O) groups is 2. The van der Waals surface area contributed by atoms with Crippen LogP contribution in [0.15, 0.2) is 48.5 Å². The van der Waals surface area contributed by atoms with Gasteiger partial charge in [-0.15, -0.1) is 0 Å². The molecule has 31 heavy (non-hydrogen) atoms. The van der Waals surface area contributed by atoms with Crippen molar-refractivity contribution < 1.29 is 29.3 Å². The molecule has 2 N–H and O–H groups in total. The van der Waals surface area contributed by atoms with E-state index in [1.54, 1.807) is 7.11 Å². The highest BCUT2D eigenvalue weighted by molar-refractivity contribution is 5.78. The maximum atomic E-state index is 11.7. The van der Waals surface area contributed by atoms with Crippen molar-refractivity contribution in [1.82, 2.24) is 4.90 Å². The van der Waals surface area contributed by atoms with Gasteiger partial charge in [0.2, 0.25) is 0 Å². The number of hydrogen-bond donors (Lipinski definition) is 2. The van der Waals surface area contributed by atoms with E-state index in [1.807, 2.05) is 67.5 Å². The second-order valence-electron chi connectivity index (χ2n) is 7.84. The summed E-state index contributed by atoms with van der Waals surface area (Å²) in [5.41, 5.74) is 2.16. The first-order valence-corrected chi connectivity index (χ1v) is 10.2. The Morgan fingerprint density at radius 2 is 1.77 bits per heavy atom. The minimum Gasteiger partial charge on any atom is -0.497 e. The van der Waals surface area contributed by atoms with Crippen molar-refractivity contribution in [2.45, 2.75) is 19.3 Å². The summed E-state index contributed by atoms with van der Waals surface area (Å²) in [5.74, 6) is -2.24. The molecule has 0 aliphatic heterocycles. The Hall–Kier alpha value is -3.06. The van der Waals surface area contributed by atoms with Gasteiger partial charge in [0.1, 0.15) is 11.5 Å². The van der Waals surface area contributed by atoms with Gasteiger partial charge in [-0.25, -0.2) is 0 Å². The van der Waals surface area contributed by atoms with Gasteiger partial charge >= 0.3 is 11.9 Å². The van der Waals surface area contributed by atoms with Crippen LogP contribution in [0.25, 0.3) is 0 Å². The van der Waals surface area contributed by atoms with Crippen molar-refractivity contribution in [3.63, 3.8) is 0 Å². The number of benzene rings is 2. The zero-order valence-corrected chi connectivity index (χ0v) is 18.3. The van der Waals surface area contributed by atoms with Gasteiger partial charge < -0.3 is 24.6 Å². The van der Waals surface area contributed by atoms with Crippen molar-refractivity contribution in [1.29, 1.82) is 0 Å². The molecule has 7 heteroatoms.